The summed E-state index contributed by atoms with van der Waals surface area (Å²) in [6.07, 6.45) is 1.05. The largest absolute Gasteiger partial charge is 0.297 e. The number of hydrogen-bond acceptors (Lipinski definition) is 1. The first-order valence-electron chi connectivity index (χ1n) is 10.4. The highest BCUT2D eigenvalue weighted by atomic mass is 15.1. The van der Waals surface area contributed by atoms with Crippen LogP contribution >= 0.6 is 0 Å². The number of aryl methyl sites for hydroxylation is 3. The molecule has 0 radical (unpaired) electrons. The summed E-state index contributed by atoms with van der Waals surface area (Å²) in [4.78, 5) is 5.00. The number of para-hydroxylation sites is 2. The Balaban J connectivity index is 2.07. The monoisotopic (exact) mass is 382 g/mol. The Bertz CT molecular complexity index is 1430. The Morgan fingerprint density at radius 3 is 2.48 bits per heavy atom. The van der Waals surface area contributed by atoms with Crippen LogP contribution in [0.4, 0.5) is 0 Å². The molecule has 0 bridgehead atoms. The highest BCUT2D eigenvalue weighted by Gasteiger charge is 2.25. The lowest BCUT2D eigenvalue weighted by Gasteiger charge is -2.18. The normalized spacial score (nSPS) is 12.6. The number of pyridine rings is 2. The van der Waals surface area contributed by atoms with Gasteiger partial charge in [-0.3, -0.25) is 4.98 Å². The Hall–Kier alpha value is -2.94. The van der Waals surface area contributed by atoms with E-state index in [1.54, 1.807) is 0 Å². The van der Waals surface area contributed by atoms with Gasteiger partial charge in [-0.15, -0.1) is 0 Å². The molecule has 0 unspecified atom stereocenters. The number of nitrogens with zero attached hydrogens (tertiary/aromatic N) is 3. The fourth-order valence-corrected chi connectivity index (χ4v) is 4.84. The summed E-state index contributed by atoms with van der Waals surface area (Å²) in [5.41, 5.74) is 10.00. The fourth-order valence-electron chi connectivity index (χ4n) is 4.84. The molecular formula is C26H28N3+. The summed E-state index contributed by atoms with van der Waals surface area (Å²) in [7, 11) is 2.17. The van der Waals surface area contributed by atoms with E-state index in [1.807, 2.05) is 0 Å². The van der Waals surface area contributed by atoms with Gasteiger partial charge in [-0.2, -0.15) is 4.40 Å². The van der Waals surface area contributed by atoms with Crippen molar-refractivity contribution < 1.29 is 4.57 Å². The topological polar surface area (TPSA) is 21.2 Å². The summed E-state index contributed by atoms with van der Waals surface area (Å²) in [6.45, 7) is 11.2. The molecular weight excluding hydrogens is 354 g/mol. The lowest BCUT2D eigenvalue weighted by atomic mass is 9.88. The van der Waals surface area contributed by atoms with E-state index in [2.05, 4.69) is 99.2 Å². The van der Waals surface area contributed by atoms with Gasteiger partial charge in [0.25, 0.3) is 5.65 Å². The van der Waals surface area contributed by atoms with E-state index in [-0.39, 0.29) is 5.41 Å². The Kier molecular flexibility index (Phi) is 3.76. The SMILES string of the molecule is Cc1cc(C)c2c(n1)c1ccc(CC(C)(C)C)cc1n1c3ccccc3[n+](C)c21. The predicted molar refractivity (Wildman–Crippen MR) is 122 cm³/mol. The van der Waals surface area contributed by atoms with E-state index in [0.29, 0.717) is 0 Å². The number of aromatic nitrogens is 3. The van der Waals surface area contributed by atoms with Crippen molar-refractivity contribution in [1.29, 1.82) is 0 Å². The molecule has 0 saturated heterocycles. The number of hydrogen-bond donors (Lipinski definition) is 0. The second-order valence-electron chi connectivity index (χ2n) is 9.60. The molecule has 0 amide bonds. The lowest BCUT2D eigenvalue weighted by Crippen LogP contribution is -2.27. The Morgan fingerprint density at radius 2 is 1.72 bits per heavy atom. The molecule has 3 nitrogen and oxygen atoms in total. The van der Waals surface area contributed by atoms with E-state index in [0.717, 1.165) is 17.6 Å². The molecule has 5 aromatic rings. The minimum atomic E-state index is 0.249. The third-order valence-corrected chi connectivity index (χ3v) is 5.87. The maximum absolute atomic E-state index is 5.00. The zero-order valence-electron chi connectivity index (χ0n) is 18.2. The maximum atomic E-state index is 5.00. The van der Waals surface area contributed by atoms with Gasteiger partial charge in [-0.25, -0.2) is 4.57 Å². The molecule has 29 heavy (non-hydrogen) atoms. The van der Waals surface area contributed by atoms with Gasteiger partial charge >= 0.3 is 0 Å². The first kappa shape index (κ1) is 18.1. The highest BCUT2D eigenvalue weighted by Crippen LogP contribution is 2.33. The van der Waals surface area contributed by atoms with Gasteiger partial charge in [0, 0.05) is 11.1 Å². The van der Waals surface area contributed by atoms with Crippen LogP contribution in [0.5, 0.6) is 0 Å². The average Bonchev–Trinajstić information content (AvgIpc) is 2.93. The van der Waals surface area contributed by atoms with Crippen molar-refractivity contribution in [2.24, 2.45) is 12.5 Å². The molecule has 0 N–H and O–H groups in total. The molecule has 3 aromatic heterocycles. The van der Waals surface area contributed by atoms with Gasteiger partial charge in [-0.05, 0) is 67.1 Å². The van der Waals surface area contributed by atoms with Crippen LogP contribution < -0.4 is 4.57 Å². The number of rotatable bonds is 1. The minimum absolute atomic E-state index is 0.249. The minimum Gasteiger partial charge on any atom is -0.252 e. The van der Waals surface area contributed by atoms with Crippen LogP contribution in [0.3, 0.4) is 0 Å². The van der Waals surface area contributed by atoms with Crippen LogP contribution in [-0.2, 0) is 13.5 Å². The molecule has 0 fully saturated rings. The number of fused-ring (bicyclic) bond motifs is 8. The van der Waals surface area contributed by atoms with Crippen LogP contribution in [0, 0.1) is 19.3 Å². The van der Waals surface area contributed by atoms with Gasteiger partial charge < -0.3 is 0 Å². The zero-order chi connectivity index (χ0) is 20.5. The van der Waals surface area contributed by atoms with E-state index < -0.39 is 0 Å². The van der Waals surface area contributed by atoms with Crippen molar-refractivity contribution in [1.82, 2.24) is 9.38 Å². The Labute approximate surface area is 171 Å². The molecule has 0 aliphatic rings. The molecule has 0 saturated carbocycles. The third kappa shape index (κ3) is 2.71. The first-order chi connectivity index (χ1) is 13.7. The van der Waals surface area contributed by atoms with E-state index in [4.69, 9.17) is 4.98 Å². The van der Waals surface area contributed by atoms with Gasteiger partial charge in [0.2, 0.25) is 0 Å². The molecule has 3 heterocycles. The van der Waals surface area contributed by atoms with Crippen LogP contribution in [0.1, 0.15) is 37.6 Å². The smallest absolute Gasteiger partial charge is 0.252 e. The number of imidazole rings is 1. The summed E-state index contributed by atoms with van der Waals surface area (Å²) in [5, 5.41) is 2.46. The van der Waals surface area contributed by atoms with Gasteiger partial charge in [0.15, 0.2) is 11.0 Å². The van der Waals surface area contributed by atoms with E-state index in [1.165, 1.54) is 44.1 Å². The van der Waals surface area contributed by atoms with Crippen molar-refractivity contribution in [3.63, 3.8) is 0 Å². The molecule has 3 heteroatoms. The second-order valence-corrected chi connectivity index (χ2v) is 9.60. The summed E-state index contributed by atoms with van der Waals surface area (Å²) in [5.74, 6) is 0. The van der Waals surface area contributed by atoms with Crippen LogP contribution in [0.15, 0.2) is 48.5 Å². The Morgan fingerprint density at radius 1 is 0.966 bits per heavy atom. The van der Waals surface area contributed by atoms with E-state index >= 15 is 0 Å². The van der Waals surface area contributed by atoms with Crippen LogP contribution in [0.25, 0.3) is 38.5 Å². The van der Waals surface area contributed by atoms with Crippen molar-refractivity contribution in [3.8, 4) is 0 Å². The van der Waals surface area contributed by atoms with Crippen molar-refractivity contribution in [3.05, 3.63) is 65.4 Å². The molecule has 146 valence electrons. The first-order valence-corrected chi connectivity index (χ1v) is 10.4. The van der Waals surface area contributed by atoms with Gasteiger partial charge in [0.1, 0.15) is 5.52 Å². The zero-order valence-corrected chi connectivity index (χ0v) is 18.2. The fraction of sp³-hybridized carbons (Fsp3) is 0.308. The van der Waals surface area contributed by atoms with Crippen molar-refractivity contribution in [2.45, 2.75) is 41.0 Å². The molecule has 2 aromatic carbocycles. The van der Waals surface area contributed by atoms with E-state index in [9.17, 15) is 0 Å². The maximum Gasteiger partial charge on any atom is 0.297 e. The third-order valence-electron chi connectivity index (χ3n) is 5.87. The van der Waals surface area contributed by atoms with Gasteiger partial charge in [-0.1, -0.05) is 39.0 Å². The molecule has 0 aliphatic carbocycles. The highest BCUT2D eigenvalue weighted by molar-refractivity contribution is 6.12. The average molecular weight is 383 g/mol. The van der Waals surface area contributed by atoms with Crippen LogP contribution in [0.2, 0.25) is 0 Å². The van der Waals surface area contributed by atoms with Crippen molar-refractivity contribution in [2.75, 3.05) is 0 Å². The number of benzene rings is 2. The van der Waals surface area contributed by atoms with Gasteiger partial charge in [0.05, 0.1) is 18.0 Å². The summed E-state index contributed by atoms with van der Waals surface area (Å²) < 4.78 is 4.75. The summed E-state index contributed by atoms with van der Waals surface area (Å²) >= 11 is 0. The quantitative estimate of drug-likeness (QED) is 0.264. The molecule has 0 aliphatic heterocycles. The van der Waals surface area contributed by atoms with Crippen molar-refractivity contribution >= 4 is 38.5 Å². The lowest BCUT2D eigenvalue weighted by molar-refractivity contribution is -0.617. The molecule has 5 rings (SSSR count). The second kappa shape index (κ2) is 6.03. The molecule has 0 spiro atoms. The molecule has 0 atom stereocenters. The standard InChI is InChI=1S/C26H28N3/c1-16-13-17(2)27-24-19-12-11-18(15-26(3,4)5)14-22(19)29-21-10-8-7-9-20(21)28(6)25(29)23(16)24/h7-14H,15H2,1-6H3/q+1. The predicted octanol–water partition coefficient (Wildman–Crippen LogP) is 5.82. The summed E-state index contributed by atoms with van der Waals surface area (Å²) in [6, 6.07) is 17.8. The van der Waals surface area contributed by atoms with Crippen LogP contribution in [-0.4, -0.2) is 9.38 Å².